The second-order valence-electron chi connectivity index (χ2n) is 3.85. The van der Waals surface area contributed by atoms with Gasteiger partial charge in [-0.05, 0) is 25.5 Å². The number of benzene rings is 1. The number of hydrogen-bond donors (Lipinski definition) is 0. The van der Waals surface area contributed by atoms with E-state index in [-0.39, 0.29) is 12.1 Å². The van der Waals surface area contributed by atoms with Crippen molar-refractivity contribution >= 4 is 23.8 Å². The van der Waals surface area contributed by atoms with E-state index in [0.717, 1.165) is 5.56 Å². The SMILES string of the molecule is CC1OC(=O)/C(=C/c2ccccc2)SC1C. The van der Waals surface area contributed by atoms with Gasteiger partial charge in [-0.3, -0.25) is 0 Å². The molecule has 2 atom stereocenters. The summed E-state index contributed by atoms with van der Waals surface area (Å²) in [6, 6.07) is 9.82. The number of cyclic esters (lactones) is 1. The van der Waals surface area contributed by atoms with Gasteiger partial charge in [-0.25, -0.2) is 4.79 Å². The zero-order valence-corrected chi connectivity index (χ0v) is 10.2. The van der Waals surface area contributed by atoms with E-state index in [2.05, 4.69) is 6.92 Å². The Morgan fingerprint density at radius 1 is 1.25 bits per heavy atom. The van der Waals surface area contributed by atoms with Crippen LogP contribution in [-0.2, 0) is 9.53 Å². The lowest BCUT2D eigenvalue weighted by Gasteiger charge is -2.26. The van der Waals surface area contributed by atoms with Crippen molar-refractivity contribution in [3.05, 3.63) is 40.8 Å². The third-order valence-corrected chi connectivity index (χ3v) is 3.86. The fraction of sp³-hybridized carbons (Fsp3) is 0.308. The molecule has 1 heterocycles. The van der Waals surface area contributed by atoms with Crippen molar-refractivity contribution in [2.75, 3.05) is 0 Å². The van der Waals surface area contributed by atoms with Crippen LogP contribution >= 0.6 is 11.8 Å². The molecule has 2 nitrogen and oxygen atoms in total. The molecule has 84 valence electrons. The summed E-state index contributed by atoms with van der Waals surface area (Å²) in [5, 5.41) is 0.313. The Hall–Kier alpha value is -1.22. The Labute approximate surface area is 99.7 Å². The molecular formula is C13H14O2S. The molecule has 1 aromatic carbocycles. The molecule has 0 aliphatic carbocycles. The maximum atomic E-state index is 11.6. The molecule has 2 unspecified atom stereocenters. The van der Waals surface area contributed by atoms with E-state index < -0.39 is 0 Å². The van der Waals surface area contributed by atoms with E-state index in [4.69, 9.17) is 4.74 Å². The summed E-state index contributed by atoms with van der Waals surface area (Å²) in [4.78, 5) is 12.3. The number of carbonyl (C=O) groups excluding carboxylic acids is 1. The molecule has 1 aromatic rings. The molecule has 0 bridgehead atoms. The Kier molecular flexibility index (Phi) is 3.34. The summed E-state index contributed by atoms with van der Waals surface area (Å²) < 4.78 is 5.26. The Bertz CT molecular complexity index is 411. The summed E-state index contributed by atoms with van der Waals surface area (Å²) in [6.07, 6.45) is 1.88. The highest BCUT2D eigenvalue weighted by atomic mass is 32.2. The average molecular weight is 234 g/mol. The monoisotopic (exact) mass is 234 g/mol. The fourth-order valence-corrected chi connectivity index (χ4v) is 2.46. The smallest absolute Gasteiger partial charge is 0.344 e. The third kappa shape index (κ3) is 2.47. The predicted octanol–water partition coefficient (Wildman–Crippen LogP) is 3.09. The van der Waals surface area contributed by atoms with Gasteiger partial charge >= 0.3 is 5.97 Å². The lowest BCUT2D eigenvalue weighted by Crippen LogP contribution is -2.30. The van der Waals surface area contributed by atoms with Crippen LogP contribution in [0.2, 0.25) is 0 Å². The van der Waals surface area contributed by atoms with Crippen molar-refractivity contribution in [2.45, 2.75) is 25.2 Å². The topological polar surface area (TPSA) is 26.3 Å². The Morgan fingerprint density at radius 2 is 1.94 bits per heavy atom. The number of esters is 1. The fourth-order valence-electron chi connectivity index (χ4n) is 1.46. The quantitative estimate of drug-likeness (QED) is 0.551. The maximum absolute atomic E-state index is 11.6. The van der Waals surface area contributed by atoms with Gasteiger partial charge in [0.05, 0.1) is 4.91 Å². The van der Waals surface area contributed by atoms with Crippen molar-refractivity contribution in [1.82, 2.24) is 0 Å². The van der Waals surface area contributed by atoms with E-state index in [1.165, 1.54) is 0 Å². The molecule has 0 amide bonds. The highest BCUT2D eigenvalue weighted by Crippen LogP contribution is 2.33. The van der Waals surface area contributed by atoms with Gasteiger partial charge in [0, 0.05) is 5.25 Å². The molecule has 0 saturated carbocycles. The number of carbonyl (C=O) groups is 1. The zero-order valence-electron chi connectivity index (χ0n) is 9.34. The maximum Gasteiger partial charge on any atom is 0.344 e. The molecule has 1 fully saturated rings. The second-order valence-corrected chi connectivity index (χ2v) is 5.27. The Morgan fingerprint density at radius 3 is 2.62 bits per heavy atom. The summed E-state index contributed by atoms with van der Waals surface area (Å²) >= 11 is 1.58. The molecule has 0 radical (unpaired) electrons. The van der Waals surface area contributed by atoms with E-state index in [9.17, 15) is 4.79 Å². The Balaban J connectivity index is 2.21. The highest BCUT2D eigenvalue weighted by Gasteiger charge is 2.28. The number of hydrogen-bond acceptors (Lipinski definition) is 3. The molecule has 2 rings (SSSR count). The van der Waals surface area contributed by atoms with Crippen LogP contribution in [0.1, 0.15) is 19.4 Å². The zero-order chi connectivity index (χ0) is 11.5. The van der Waals surface area contributed by atoms with E-state index in [1.807, 2.05) is 43.3 Å². The predicted molar refractivity (Wildman–Crippen MR) is 67.0 cm³/mol. The highest BCUT2D eigenvalue weighted by molar-refractivity contribution is 8.04. The molecule has 0 N–H and O–H groups in total. The van der Waals surface area contributed by atoms with Crippen LogP contribution < -0.4 is 0 Å². The summed E-state index contributed by atoms with van der Waals surface area (Å²) in [5.74, 6) is -0.209. The minimum absolute atomic E-state index is 0.00887. The van der Waals surface area contributed by atoms with Gasteiger partial charge in [0.15, 0.2) is 0 Å². The van der Waals surface area contributed by atoms with Crippen LogP contribution in [0.25, 0.3) is 6.08 Å². The first kappa shape index (κ1) is 11.3. The van der Waals surface area contributed by atoms with Crippen LogP contribution in [0.5, 0.6) is 0 Å². The number of thioether (sulfide) groups is 1. The molecule has 3 heteroatoms. The van der Waals surface area contributed by atoms with Crippen molar-refractivity contribution in [3.8, 4) is 0 Å². The van der Waals surface area contributed by atoms with Crippen LogP contribution in [-0.4, -0.2) is 17.3 Å². The number of rotatable bonds is 1. The summed E-state index contributed by atoms with van der Waals surface area (Å²) in [6.45, 7) is 4.00. The van der Waals surface area contributed by atoms with Gasteiger partial charge in [-0.1, -0.05) is 30.3 Å². The average Bonchev–Trinajstić information content (AvgIpc) is 2.27. The standard InChI is InChI=1S/C13H14O2S/c1-9-10(2)16-12(13(14)15-9)8-11-6-4-3-5-7-11/h3-10H,1-2H3/b12-8-. The molecule has 0 aromatic heterocycles. The van der Waals surface area contributed by atoms with Crippen LogP contribution in [0.4, 0.5) is 0 Å². The minimum Gasteiger partial charge on any atom is -0.458 e. The normalized spacial score (nSPS) is 27.9. The van der Waals surface area contributed by atoms with Crippen LogP contribution in [0.15, 0.2) is 35.2 Å². The lowest BCUT2D eigenvalue weighted by molar-refractivity contribution is -0.143. The second kappa shape index (κ2) is 4.74. The van der Waals surface area contributed by atoms with E-state index >= 15 is 0 Å². The molecule has 16 heavy (non-hydrogen) atoms. The molecular weight excluding hydrogens is 220 g/mol. The van der Waals surface area contributed by atoms with Gasteiger partial charge in [0.2, 0.25) is 0 Å². The van der Waals surface area contributed by atoms with Crippen molar-refractivity contribution < 1.29 is 9.53 Å². The van der Waals surface area contributed by atoms with Gasteiger partial charge in [-0.15, -0.1) is 11.8 Å². The first-order chi connectivity index (χ1) is 7.66. The minimum atomic E-state index is -0.209. The van der Waals surface area contributed by atoms with Gasteiger partial charge in [-0.2, -0.15) is 0 Å². The summed E-state index contributed by atoms with van der Waals surface area (Å²) in [5.41, 5.74) is 1.03. The van der Waals surface area contributed by atoms with Gasteiger partial charge in [0.25, 0.3) is 0 Å². The first-order valence-corrected chi connectivity index (χ1v) is 6.19. The summed E-state index contributed by atoms with van der Waals surface area (Å²) in [7, 11) is 0. The largest absolute Gasteiger partial charge is 0.458 e. The van der Waals surface area contributed by atoms with Crippen LogP contribution in [0, 0.1) is 0 Å². The van der Waals surface area contributed by atoms with Crippen molar-refractivity contribution in [2.24, 2.45) is 0 Å². The van der Waals surface area contributed by atoms with Crippen molar-refractivity contribution in [3.63, 3.8) is 0 Å². The molecule has 1 aliphatic heterocycles. The van der Waals surface area contributed by atoms with Crippen molar-refractivity contribution in [1.29, 1.82) is 0 Å². The number of ether oxygens (including phenoxy) is 1. The third-order valence-electron chi connectivity index (χ3n) is 2.57. The molecule has 1 aliphatic rings. The van der Waals surface area contributed by atoms with Gasteiger partial charge < -0.3 is 4.74 Å². The lowest BCUT2D eigenvalue weighted by atomic mass is 10.2. The molecule has 0 spiro atoms. The van der Waals surface area contributed by atoms with E-state index in [0.29, 0.717) is 10.2 Å². The van der Waals surface area contributed by atoms with Crippen LogP contribution in [0.3, 0.4) is 0 Å². The molecule has 1 saturated heterocycles. The van der Waals surface area contributed by atoms with Gasteiger partial charge in [0.1, 0.15) is 6.10 Å². The van der Waals surface area contributed by atoms with E-state index in [1.54, 1.807) is 11.8 Å². The first-order valence-electron chi connectivity index (χ1n) is 5.31.